The zero-order valence-corrected chi connectivity index (χ0v) is 9.27. The first-order valence-corrected chi connectivity index (χ1v) is 5.79. The highest BCUT2D eigenvalue weighted by molar-refractivity contribution is 7.05. The molecule has 0 aromatic carbocycles. The molecule has 0 aliphatic heterocycles. The summed E-state index contributed by atoms with van der Waals surface area (Å²) in [6.07, 6.45) is 2.70. The van der Waals surface area contributed by atoms with Crippen molar-refractivity contribution in [3.05, 3.63) is 10.6 Å². The Hall–Kier alpha value is -0.440. The maximum atomic E-state index is 4.27. The lowest BCUT2D eigenvalue weighted by Crippen LogP contribution is -2.04. The first-order chi connectivity index (χ1) is 6.20. The molecule has 0 N–H and O–H groups in total. The zero-order chi connectivity index (χ0) is 9.42. The fourth-order valence-electron chi connectivity index (χ4n) is 1.46. The number of nitrogens with zero attached hydrogens (tertiary/aromatic N) is 2. The van der Waals surface area contributed by atoms with E-state index in [9.17, 15) is 0 Å². The molecule has 1 fully saturated rings. The van der Waals surface area contributed by atoms with Crippen LogP contribution in [-0.4, -0.2) is 9.59 Å². The maximum Gasteiger partial charge on any atom is 0.0821 e. The molecule has 2 rings (SSSR count). The van der Waals surface area contributed by atoms with Crippen LogP contribution < -0.4 is 0 Å². The summed E-state index contributed by atoms with van der Waals surface area (Å²) in [7, 11) is 0. The summed E-state index contributed by atoms with van der Waals surface area (Å²) >= 11 is 1.60. The van der Waals surface area contributed by atoms with Gasteiger partial charge in [-0.25, -0.2) is 0 Å². The standard InChI is InChI=1S/C10H16N2S/c1-6(2)7(3)9-10(8-4-5-8)13-12-11-9/h6-8H,4-5H2,1-3H3. The van der Waals surface area contributed by atoms with Gasteiger partial charge in [0.15, 0.2) is 0 Å². The molecular weight excluding hydrogens is 180 g/mol. The molecule has 1 aliphatic carbocycles. The Bertz CT molecular complexity index is 289. The molecule has 1 aromatic rings. The van der Waals surface area contributed by atoms with Crippen LogP contribution in [0.2, 0.25) is 0 Å². The molecule has 1 saturated carbocycles. The van der Waals surface area contributed by atoms with Crippen LogP contribution in [0.5, 0.6) is 0 Å². The van der Waals surface area contributed by atoms with E-state index in [1.807, 2.05) is 0 Å². The van der Waals surface area contributed by atoms with Crippen LogP contribution in [0.15, 0.2) is 0 Å². The minimum atomic E-state index is 0.564. The van der Waals surface area contributed by atoms with E-state index in [0.717, 1.165) is 5.92 Å². The van der Waals surface area contributed by atoms with Crippen LogP contribution in [0.1, 0.15) is 56.0 Å². The van der Waals surface area contributed by atoms with Gasteiger partial charge in [0.1, 0.15) is 0 Å². The summed E-state index contributed by atoms with van der Waals surface area (Å²) < 4.78 is 4.08. The van der Waals surface area contributed by atoms with Crippen molar-refractivity contribution in [2.24, 2.45) is 5.92 Å². The molecule has 0 saturated heterocycles. The van der Waals surface area contributed by atoms with Crippen LogP contribution in [0.3, 0.4) is 0 Å². The van der Waals surface area contributed by atoms with Gasteiger partial charge in [0.05, 0.1) is 10.6 Å². The first kappa shape index (κ1) is 9.13. The second-order valence-electron chi connectivity index (χ2n) is 4.33. The molecule has 3 heteroatoms. The number of hydrogen-bond acceptors (Lipinski definition) is 3. The second kappa shape index (κ2) is 3.37. The summed E-state index contributed by atoms with van der Waals surface area (Å²) in [6.45, 7) is 6.76. The molecule has 0 bridgehead atoms. The molecule has 2 nitrogen and oxygen atoms in total. The molecule has 72 valence electrons. The number of rotatable bonds is 3. The van der Waals surface area contributed by atoms with Crippen molar-refractivity contribution < 1.29 is 0 Å². The fourth-order valence-corrected chi connectivity index (χ4v) is 2.39. The van der Waals surface area contributed by atoms with Crippen molar-refractivity contribution in [2.45, 2.75) is 45.4 Å². The van der Waals surface area contributed by atoms with E-state index in [4.69, 9.17) is 0 Å². The van der Waals surface area contributed by atoms with Gasteiger partial charge in [0, 0.05) is 5.92 Å². The minimum Gasteiger partial charge on any atom is -0.143 e. The third-order valence-corrected chi connectivity index (χ3v) is 3.82. The van der Waals surface area contributed by atoms with E-state index in [-0.39, 0.29) is 0 Å². The molecule has 1 aliphatic rings. The quantitative estimate of drug-likeness (QED) is 0.742. The Morgan fingerprint density at radius 3 is 2.54 bits per heavy atom. The van der Waals surface area contributed by atoms with Gasteiger partial charge in [-0.2, -0.15) is 0 Å². The lowest BCUT2D eigenvalue weighted by Gasteiger charge is -2.13. The smallest absolute Gasteiger partial charge is 0.0821 e. The lowest BCUT2D eigenvalue weighted by molar-refractivity contribution is 0.519. The molecule has 0 spiro atoms. The second-order valence-corrected chi connectivity index (χ2v) is 5.12. The minimum absolute atomic E-state index is 0.564. The van der Waals surface area contributed by atoms with Gasteiger partial charge in [-0.1, -0.05) is 25.3 Å². The topological polar surface area (TPSA) is 25.8 Å². The predicted octanol–water partition coefficient (Wildman–Crippen LogP) is 3.18. The van der Waals surface area contributed by atoms with Crippen LogP contribution in [0, 0.1) is 5.92 Å². The Morgan fingerprint density at radius 1 is 1.31 bits per heavy atom. The van der Waals surface area contributed by atoms with Crippen molar-refractivity contribution >= 4 is 11.5 Å². The summed E-state index contributed by atoms with van der Waals surface area (Å²) in [6, 6.07) is 0. The highest BCUT2D eigenvalue weighted by Crippen LogP contribution is 2.45. The van der Waals surface area contributed by atoms with Crippen LogP contribution >= 0.6 is 11.5 Å². The fraction of sp³-hybridized carbons (Fsp3) is 0.800. The van der Waals surface area contributed by atoms with E-state index < -0.39 is 0 Å². The van der Waals surface area contributed by atoms with Gasteiger partial charge >= 0.3 is 0 Å². The highest BCUT2D eigenvalue weighted by Gasteiger charge is 2.31. The SMILES string of the molecule is CC(C)C(C)c1nnsc1C1CC1. The molecular formula is C10H16N2S. The maximum absolute atomic E-state index is 4.27. The van der Waals surface area contributed by atoms with E-state index in [0.29, 0.717) is 11.8 Å². The third kappa shape index (κ3) is 1.75. The van der Waals surface area contributed by atoms with Crippen molar-refractivity contribution in [2.75, 3.05) is 0 Å². The lowest BCUT2D eigenvalue weighted by atomic mass is 9.93. The number of hydrogen-bond donors (Lipinski definition) is 0. The van der Waals surface area contributed by atoms with Gasteiger partial charge in [0.2, 0.25) is 0 Å². The van der Waals surface area contributed by atoms with E-state index in [1.54, 1.807) is 11.5 Å². The van der Waals surface area contributed by atoms with Crippen molar-refractivity contribution in [3.63, 3.8) is 0 Å². The third-order valence-electron chi connectivity index (χ3n) is 2.92. The summed E-state index contributed by atoms with van der Waals surface area (Å²) in [4.78, 5) is 1.46. The van der Waals surface area contributed by atoms with Gasteiger partial charge < -0.3 is 0 Å². The molecule has 1 aromatic heterocycles. The van der Waals surface area contributed by atoms with Crippen LogP contribution in [-0.2, 0) is 0 Å². The highest BCUT2D eigenvalue weighted by atomic mass is 32.1. The predicted molar refractivity (Wildman–Crippen MR) is 55.1 cm³/mol. The van der Waals surface area contributed by atoms with Gasteiger partial charge in [0.25, 0.3) is 0 Å². The Morgan fingerprint density at radius 2 is 2.00 bits per heavy atom. The molecule has 0 radical (unpaired) electrons. The number of aromatic nitrogens is 2. The summed E-state index contributed by atoms with van der Waals surface area (Å²) in [5, 5.41) is 4.27. The van der Waals surface area contributed by atoms with Crippen LogP contribution in [0.4, 0.5) is 0 Å². The Balaban J connectivity index is 2.22. The molecule has 1 atom stereocenters. The average Bonchev–Trinajstić information content (AvgIpc) is 2.83. The molecule has 1 heterocycles. The molecule has 13 heavy (non-hydrogen) atoms. The van der Waals surface area contributed by atoms with Gasteiger partial charge in [-0.3, -0.25) is 0 Å². The zero-order valence-electron chi connectivity index (χ0n) is 8.45. The van der Waals surface area contributed by atoms with Crippen molar-refractivity contribution in [3.8, 4) is 0 Å². The normalized spacial score (nSPS) is 19.4. The van der Waals surface area contributed by atoms with Crippen molar-refractivity contribution in [1.82, 2.24) is 9.59 Å². The molecule has 0 amide bonds. The molecule has 1 unspecified atom stereocenters. The monoisotopic (exact) mass is 196 g/mol. The Labute approximate surface area is 83.5 Å². The largest absolute Gasteiger partial charge is 0.143 e. The summed E-state index contributed by atoms with van der Waals surface area (Å²) in [5.41, 5.74) is 1.27. The summed E-state index contributed by atoms with van der Waals surface area (Å²) in [5.74, 6) is 2.03. The first-order valence-electron chi connectivity index (χ1n) is 5.02. The van der Waals surface area contributed by atoms with Gasteiger partial charge in [-0.15, -0.1) is 5.10 Å². The van der Waals surface area contributed by atoms with E-state index >= 15 is 0 Å². The Kier molecular flexibility index (Phi) is 2.37. The van der Waals surface area contributed by atoms with E-state index in [2.05, 4.69) is 30.4 Å². The average molecular weight is 196 g/mol. The van der Waals surface area contributed by atoms with Gasteiger partial charge in [-0.05, 0) is 36.2 Å². The van der Waals surface area contributed by atoms with Crippen LogP contribution in [0.25, 0.3) is 0 Å². The van der Waals surface area contributed by atoms with E-state index in [1.165, 1.54) is 23.4 Å². The van der Waals surface area contributed by atoms with Crippen molar-refractivity contribution in [1.29, 1.82) is 0 Å².